The van der Waals surface area contributed by atoms with Gasteiger partial charge >= 0.3 is 80.9 Å². The van der Waals surface area contributed by atoms with Gasteiger partial charge in [-0.3, -0.25) is 0 Å². The molecule has 0 radical (unpaired) electrons. The van der Waals surface area contributed by atoms with Crippen molar-refractivity contribution in [3.8, 4) is 0 Å². The summed E-state index contributed by atoms with van der Waals surface area (Å²) in [5, 5.41) is 23.1. The molecule has 0 saturated carbocycles. The van der Waals surface area contributed by atoms with E-state index in [0.29, 0.717) is 12.8 Å². The van der Waals surface area contributed by atoms with Crippen LogP contribution in [0.1, 0.15) is 123 Å². The van der Waals surface area contributed by atoms with Crippen molar-refractivity contribution in [3.63, 3.8) is 0 Å². The van der Waals surface area contributed by atoms with Gasteiger partial charge < -0.3 is 19.8 Å². The quantitative estimate of drug-likeness (QED) is 0.137. The van der Waals surface area contributed by atoms with E-state index in [4.69, 9.17) is 0 Å². The molecule has 0 aromatic heterocycles. The largest absolute Gasteiger partial charge is 1.00 e. The van der Waals surface area contributed by atoms with E-state index in [-0.39, 0.29) is 93.8 Å². The molecule has 0 spiro atoms. The molecule has 0 aromatic rings. The smallest absolute Gasteiger partial charge is 0.549 e. The summed E-state index contributed by atoms with van der Waals surface area (Å²) in [6, 6.07) is 0. The third kappa shape index (κ3) is 16.3. The molecule has 0 rings (SSSR count). The Morgan fingerprint density at radius 3 is 1.07 bits per heavy atom. The van der Waals surface area contributed by atoms with Gasteiger partial charge in [0.1, 0.15) is 0 Å². The molecule has 0 unspecified atom stereocenters. The van der Waals surface area contributed by atoms with E-state index in [1.54, 1.807) is 0 Å². The van der Waals surface area contributed by atoms with Crippen molar-refractivity contribution in [1.29, 1.82) is 0 Å². The van der Waals surface area contributed by atoms with Crippen LogP contribution in [0.5, 0.6) is 0 Å². The number of carbonyl (C=O) groups excluding carboxylic acids is 2. The standard InChI is InChI=1S/C22H42O4.K.Na/c1-3-5-7-9-10-11-12-13-15-17-19-22(20(23)24,21(25)26)18-16-14-8-6-4-2;;/h3-19H2,1-2H3,(H,23,24)(H,25,26);;/q;2*+1/p-2. The minimum atomic E-state index is -1.80. The predicted octanol–water partition coefficient (Wildman–Crippen LogP) is -1.85. The van der Waals surface area contributed by atoms with Gasteiger partial charge in [-0.15, -0.1) is 0 Å². The predicted molar refractivity (Wildman–Crippen MR) is 102 cm³/mol. The second kappa shape index (κ2) is 23.2. The molecule has 4 nitrogen and oxygen atoms in total. The Bertz CT molecular complexity index is 364. The van der Waals surface area contributed by atoms with Gasteiger partial charge in [-0.1, -0.05) is 110 Å². The van der Waals surface area contributed by atoms with Gasteiger partial charge in [-0.25, -0.2) is 0 Å². The molecule has 154 valence electrons. The Balaban J connectivity index is -0.00000312. The number of carbonyl (C=O) groups is 2. The van der Waals surface area contributed by atoms with E-state index < -0.39 is 17.4 Å². The summed E-state index contributed by atoms with van der Waals surface area (Å²) in [5.74, 6) is -2.94. The van der Waals surface area contributed by atoms with Crippen molar-refractivity contribution < 1.29 is 101 Å². The van der Waals surface area contributed by atoms with Crippen LogP contribution in [-0.2, 0) is 9.59 Å². The van der Waals surface area contributed by atoms with E-state index in [1.165, 1.54) is 38.5 Å². The Morgan fingerprint density at radius 1 is 0.571 bits per heavy atom. The van der Waals surface area contributed by atoms with Crippen LogP contribution in [0.2, 0.25) is 0 Å². The summed E-state index contributed by atoms with van der Waals surface area (Å²) in [4.78, 5) is 23.1. The zero-order valence-corrected chi connectivity index (χ0v) is 24.3. The average Bonchev–Trinajstić information content (AvgIpc) is 2.60. The van der Waals surface area contributed by atoms with Crippen molar-refractivity contribution in [2.75, 3.05) is 0 Å². The number of hydrogen-bond acceptors (Lipinski definition) is 4. The number of unbranched alkanes of at least 4 members (excludes halogenated alkanes) is 13. The van der Waals surface area contributed by atoms with Gasteiger partial charge in [-0.2, -0.15) is 0 Å². The normalized spacial score (nSPS) is 10.8. The molecule has 0 aliphatic carbocycles. The molecule has 0 amide bonds. The summed E-state index contributed by atoms with van der Waals surface area (Å²) in [7, 11) is 0. The van der Waals surface area contributed by atoms with Crippen LogP contribution in [0.3, 0.4) is 0 Å². The molecule has 28 heavy (non-hydrogen) atoms. The minimum Gasteiger partial charge on any atom is -0.549 e. The topological polar surface area (TPSA) is 80.3 Å². The summed E-state index contributed by atoms with van der Waals surface area (Å²) < 4.78 is 0. The van der Waals surface area contributed by atoms with E-state index in [0.717, 1.165) is 44.9 Å². The van der Waals surface area contributed by atoms with Gasteiger partial charge in [0.15, 0.2) is 0 Å². The molecule has 0 fully saturated rings. The monoisotopic (exact) mass is 430 g/mol. The van der Waals surface area contributed by atoms with Gasteiger partial charge in [0, 0.05) is 5.41 Å². The second-order valence-corrected chi connectivity index (χ2v) is 7.75. The maximum absolute atomic E-state index is 11.5. The molecular weight excluding hydrogens is 390 g/mol. The number of hydrogen-bond donors (Lipinski definition) is 0. The molecular formula is C22H40KNaO4. The fraction of sp³-hybridized carbons (Fsp3) is 0.909. The molecule has 0 heterocycles. The third-order valence-electron chi connectivity index (χ3n) is 5.45. The average molecular weight is 431 g/mol. The minimum absolute atomic E-state index is 0. The molecule has 0 bridgehead atoms. The van der Waals surface area contributed by atoms with Crippen molar-refractivity contribution in [1.82, 2.24) is 0 Å². The van der Waals surface area contributed by atoms with E-state index >= 15 is 0 Å². The first-order chi connectivity index (χ1) is 12.5. The fourth-order valence-corrected chi connectivity index (χ4v) is 3.56. The summed E-state index contributed by atoms with van der Waals surface area (Å²) in [5.41, 5.74) is -1.80. The zero-order valence-electron chi connectivity index (χ0n) is 19.2. The number of aliphatic carboxylic acids is 2. The van der Waals surface area contributed by atoms with Crippen LogP contribution in [0.25, 0.3) is 0 Å². The SMILES string of the molecule is CCCCCCCCCCCCC(CCCCCCC)(C(=O)[O-])C(=O)[O-].[K+].[Na+]. The molecule has 0 aromatic carbocycles. The van der Waals surface area contributed by atoms with Crippen LogP contribution in [0.15, 0.2) is 0 Å². The van der Waals surface area contributed by atoms with Crippen molar-refractivity contribution >= 4 is 11.9 Å². The van der Waals surface area contributed by atoms with Gasteiger partial charge in [0.2, 0.25) is 0 Å². The van der Waals surface area contributed by atoms with Gasteiger partial charge in [-0.05, 0) is 12.8 Å². The van der Waals surface area contributed by atoms with Gasteiger partial charge in [0.25, 0.3) is 0 Å². The molecule has 0 atom stereocenters. The fourth-order valence-electron chi connectivity index (χ4n) is 3.56. The molecule has 0 aliphatic heterocycles. The zero-order chi connectivity index (χ0) is 19.7. The number of carboxylic acids is 2. The van der Waals surface area contributed by atoms with Crippen LogP contribution in [0, 0.1) is 5.41 Å². The third-order valence-corrected chi connectivity index (χ3v) is 5.45. The molecule has 0 N–H and O–H groups in total. The van der Waals surface area contributed by atoms with E-state index in [2.05, 4.69) is 13.8 Å². The first-order valence-corrected chi connectivity index (χ1v) is 10.9. The van der Waals surface area contributed by atoms with Gasteiger partial charge in [0.05, 0.1) is 11.9 Å². The first-order valence-electron chi connectivity index (χ1n) is 10.9. The molecule has 6 heteroatoms. The van der Waals surface area contributed by atoms with E-state index in [9.17, 15) is 19.8 Å². The van der Waals surface area contributed by atoms with Crippen LogP contribution >= 0.6 is 0 Å². The van der Waals surface area contributed by atoms with Crippen LogP contribution in [0.4, 0.5) is 0 Å². The van der Waals surface area contributed by atoms with Crippen LogP contribution < -0.4 is 91.2 Å². The molecule has 0 saturated heterocycles. The van der Waals surface area contributed by atoms with E-state index in [1.807, 2.05) is 0 Å². The molecule has 0 aliphatic rings. The van der Waals surface area contributed by atoms with Crippen LogP contribution in [-0.4, -0.2) is 11.9 Å². The number of carboxylic acid groups (broad SMARTS) is 2. The summed E-state index contributed by atoms with van der Waals surface area (Å²) >= 11 is 0. The Labute approximate surface area is 238 Å². The van der Waals surface area contributed by atoms with Crippen molar-refractivity contribution in [3.05, 3.63) is 0 Å². The van der Waals surface area contributed by atoms with Crippen molar-refractivity contribution in [2.24, 2.45) is 5.41 Å². The summed E-state index contributed by atoms with van der Waals surface area (Å²) in [6.45, 7) is 4.32. The maximum atomic E-state index is 11.5. The Kier molecular flexibility index (Phi) is 28.4. The first kappa shape index (κ1) is 34.2. The maximum Gasteiger partial charge on any atom is 1.00 e. The number of rotatable bonds is 19. The Morgan fingerprint density at radius 2 is 0.821 bits per heavy atom. The summed E-state index contributed by atoms with van der Waals surface area (Å²) in [6.07, 6.45) is 16.3. The second-order valence-electron chi connectivity index (χ2n) is 7.75. The van der Waals surface area contributed by atoms with Crippen molar-refractivity contribution in [2.45, 2.75) is 123 Å². The Hall–Kier alpha value is 1.58.